The summed E-state index contributed by atoms with van der Waals surface area (Å²) < 4.78 is 5.69. The number of aryl methyl sites for hydroxylation is 2. The molecule has 0 unspecified atom stereocenters. The van der Waals surface area contributed by atoms with E-state index in [0.29, 0.717) is 17.3 Å². The van der Waals surface area contributed by atoms with E-state index in [1.165, 1.54) is 5.56 Å². The fourth-order valence-corrected chi connectivity index (χ4v) is 2.48. The van der Waals surface area contributed by atoms with Gasteiger partial charge < -0.3 is 9.73 Å². The van der Waals surface area contributed by atoms with Crippen molar-refractivity contribution >= 4 is 11.6 Å². The van der Waals surface area contributed by atoms with Gasteiger partial charge >= 0.3 is 0 Å². The standard InChI is InChI=1S/C20H20N2O2/c1-3-15-9-11-17(12-10-15)21-19(23)13-18-14(2)24-20(22-18)16-7-5-4-6-8-16/h4-12H,3,13H2,1-2H3,(H,21,23). The zero-order valence-corrected chi connectivity index (χ0v) is 13.9. The summed E-state index contributed by atoms with van der Waals surface area (Å²) >= 11 is 0. The van der Waals surface area contributed by atoms with Crippen LogP contribution in [0.15, 0.2) is 59.0 Å². The molecule has 0 radical (unpaired) electrons. The van der Waals surface area contributed by atoms with Gasteiger partial charge in [0.05, 0.1) is 12.1 Å². The number of nitrogens with one attached hydrogen (secondary N) is 1. The minimum atomic E-state index is -0.102. The number of rotatable bonds is 5. The average Bonchev–Trinajstić information content (AvgIpc) is 2.97. The summed E-state index contributed by atoms with van der Waals surface area (Å²) in [7, 11) is 0. The third-order valence-electron chi connectivity index (χ3n) is 3.89. The van der Waals surface area contributed by atoms with Crippen molar-refractivity contribution in [1.29, 1.82) is 0 Å². The van der Waals surface area contributed by atoms with Gasteiger partial charge in [-0.15, -0.1) is 0 Å². The maximum absolute atomic E-state index is 12.2. The minimum Gasteiger partial charge on any atom is -0.441 e. The predicted molar refractivity (Wildman–Crippen MR) is 94.8 cm³/mol. The van der Waals surface area contributed by atoms with Crippen LogP contribution in [0.25, 0.3) is 11.5 Å². The van der Waals surface area contributed by atoms with Crippen LogP contribution in [0.5, 0.6) is 0 Å². The molecule has 4 heteroatoms. The maximum atomic E-state index is 12.2. The molecule has 0 saturated heterocycles. The van der Waals surface area contributed by atoms with Crippen LogP contribution in [0.1, 0.15) is 23.9 Å². The van der Waals surface area contributed by atoms with E-state index in [0.717, 1.165) is 17.7 Å². The third-order valence-corrected chi connectivity index (χ3v) is 3.89. The lowest BCUT2D eigenvalue weighted by Crippen LogP contribution is -2.15. The van der Waals surface area contributed by atoms with E-state index in [1.54, 1.807) is 0 Å². The van der Waals surface area contributed by atoms with Crippen molar-refractivity contribution in [3.8, 4) is 11.5 Å². The Morgan fingerprint density at radius 1 is 1.08 bits per heavy atom. The molecule has 0 spiro atoms. The fourth-order valence-electron chi connectivity index (χ4n) is 2.48. The first-order valence-electron chi connectivity index (χ1n) is 8.06. The zero-order chi connectivity index (χ0) is 16.9. The number of hydrogen-bond donors (Lipinski definition) is 1. The van der Waals surface area contributed by atoms with Gasteiger partial charge in [0, 0.05) is 11.3 Å². The Bertz CT molecular complexity index is 821. The van der Waals surface area contributed by atoms with Crippen LogP contribution in [0.3, 0.4) is 0 Å². The van der Waals surface area contributed by atoms with Crippen molar-refractivity contribution in [2.45, 2.75) is 26.7 Å². The third kappa shape index (κ3) is 3.71. The van der Waals surface area contributed by atoms with Gasteiger partial charge in [0.25, 0.3) is 0 Å². The Morgan fingerprint density at radius 2 is 1.79 bits per heavy atom. The van der Waals surface area contributed by atoms with Crippen LogP contribution in [-0.4, -0.2) is 10.9 Å². The summed E-state index contributed by atoms with van der Waals surface area (Å²) in [5.41, 5.74) is 3.61. The first kappa shape index (κ1) is 16.0. The molecule has 3 aromatic rings. The number of carbonyl (C=O) groups excluding carboxylic acids is 1. The van der Waals surface area contributed by atoms with E-state index in [9.17, 15) is 4.79 Å². The molecule has 122 valence electrons. The molecule has 3 rings (SSSR count). The molecule has 4 nitrogen and oxygen atoms in total. The van der Waals surface area contributed by atoms with Crippen LogP contribution >= 0.6 is 0 Å². The SMILES string of the molecule is CCc1ccc(NC(=O)Cc2nc(-c3ccccc3)oc2C)cc1. The monoisotopic (exact) mass is 320 g/mol. The number of hydrogen-bond acceptors (Lipinski definition) is 3. The second-order valence-corrected chi connectivity index (χ2v) is 5.66. The molecule has 24 heavy (non-hydrogen) atoms. The molecule has 1 amide bonds. The quantitative estimate of drug-likeness (QED) is 0.758. The lowest BCUT2D eigenvalue weighted by Gasteiger charge is -2.05. The molecular formula is C20H20N2O2. The van der Waals surface area contributed by atoms with Gasteiger partial charge in [0.1, 0.15) is 5.76 Å². The summed E-state index contributed by atoms with van der Waals surface area (Å²) in [5.74, 6) is 1.11. The highest BCUT2D eigenvalue weighted by molar-refractivity contribution is 5.92. The summed E-state index contributed by atoms with van der Waals surface area (Å²) in [6.07, 6.45) is 1.17. The van der Waals surface area contributed by atoms with Crippen molar-refractivity contribution in [1.82, 2.24) is 4.98 Å². The van der Waals surface area contributed by atoms with Gasteiger partial charge in [-0.05, 0) is 43.2 Å². The first-order valence-corrected chi connectivity index (χ1v) is 8.06. The van der Waals surface area contributed by atoms with Gasteiger partial charge in [-0.2, -0.15) is 0 Å². The molecular weight excluding hydrogens is 300 g/mol. The van der Waals surface area contributed by atoms with Crippen molar-refractivity contribution in [2.24, 2.45) is 0 Å². The lowest BCUT2D eigenvalue weighted by molar-refractivity contribution is -0.115. The predicted octanol–water partition coefficient (Wildman–Crippen LogP) is 4.39. The molecule has 0 fully saturated rings. The number of aromatic nitrogens is 1. The molecule has 0 aliphatic carbocycles. The molecule has 1 heterocycles. The van der Waals surface area contributed by atoms with Gasteiger partial charge in [-0.3, -0.25) is 4.79 Å². The molecule has 2 aromatic carbocycles. The molecule has 0 saturated carbocycles. The molecule has 0 atom stereocenters. The zero-order valence-electron chi connectivity index (χ0n) is 13.9. The van der Waals surface area contributed by atoms with Crippen LogP contribution in [0, 0.1) is 6.92 Å². The van der Waals surface area contributed by atoms with Crippen LogP contribution < -0.4 is 5.32 Å². The minimum absolute atomic E-state index is 0.102. The van der Waals surface area contributed by atoms with Crippen molar-refractivity contribution in [3.05, 3.63) is 71.6 Å². The molecule has 0 aliphatic heterocycles. The second-order valence-electron chi connectivity index (χ2n) is 5.66. The van der Waals surface area contributed by atoms with E-state index < -0.39 is 0 Å². The van der Waals surface area contributed by atoms with Gasteiger partial charge in [-0.1, -0.05) is 37.3 Å². The Labute approximate surface area is 141 Å². The number of oxazole rings is 1. The van der Waals surface area contributed by atoms with Crippen molar-refractivity contribution in [2.75, 3.05) is 5.32 Å². The smallest absolute Gasteiger partial charge is 0.230 e. The highest BCUT2D eigenvalue weighted by Gasteiger charge is 2.14. The molecule has 1 aromatic heterocycles. The van der Waals surface area contributed by atoms with E-state index in [2.05, 4.69) is 17.2 Å². The van der Waals surface area contributed by atoms with Crippen LogP contribution in [-0.2, 0) is 17.6 Å². The lowest BCUT2D eigenvalue weighted by atomic mass is 10.1. The van der Waals surface area contributed by atoms with E-state index >= 15 is 0 Å². The van der Waals surface area contributed by atoms with Gasteiger partial charge in [0.15, 0.2) is 0 Å². The summed E-state index contributed by atoms with van der Waals surface area (Å²) in [4.78, 5) is 16.7. The summed E-state index contributed by atoms with van der Waals surface area (Å²) in [5, 5.41) is 2.90. The highest BCUT2D eigenvalue weighted by atomic mass is 16.4. The maximum Gasteiger partial charge on any atom is 0.230 e. The second kappa shape index (κ2) is 7.13. The number of benzene rings is 2. The number of carbonyl (C=O) groups is 1. The van der Waals surface area contributed by atoms with Crippen molar-refractivity contribution in [3.63, 3.8) is 0 Å². The van der Waals surface area contributed by atoms with Gasteiger partial charge in [-0.25, -0.2) is 4.98 Å². The van der Waals surface area contributed by atoms with Crippen LogP contribution in [0.4, 0.5) is 5.69 Å². The van der Waals surface area contributed by atoms with Crippen molar-refractivity contribution < 1.29 is 9.21 Å². The largest absolute Gasteiger partial charge is 0.441 e. The normalized spacial score (nSPS) is 10.6. The first-order chi connectivity index (χ1) is 11.7. The summed E-state index contributed by atoms with van der Waals surface area (Å²) in [6.45, 7) is 3.93. The Balaban J connectivity index is 1.69. The number of nitrogens with zero attached hydrogens (tertiary/aromatic N) is 1. The molecule has 1 N–H and O–H groups in total. The Hall–Kier alpha value is -2.88. The van der Waals surface area contributed by atoms with Crippen LogP contribution in [0.2, 0.25) is 0 Å². The average molecular weight is 320 g/mol. The molecule has 0 aliphatic rings. The number of amides is 1. The van der Waals surface area contributed by atoms with E-state index in [4.69, 9.17) is 4.42 Å². The summed E-state index contributed by atoms with van der Waals surface area (Å²) in [6, 6.07) is 17.5. The Kier molecular flexibility index (Phi) is 4.75. The number of anilines is 1. The molecule has 0 bridgehead atoms. The van der Waals surface area contributed by atoms with E-state index in [1.807, 2.05) is 61.5 Å². The Morgan fingerprint density at radius 3 is 2.46 bits per heavy atom. The highest BCUT2D eigenvalue weighted by Crippen LogP contribution is 2.22. The van der Waals surface area contributed by atoms with Gasteiger partial charge in [0.2, 0.25) is 11.8 Å². The topological polar surface area (TPSA) is 55.1 Å². The fraction of sp³-hybridized carbons (Fsp3) is 0.200. The van der Waals surface area contributed by atoms with E-state index in [-0.39, 0.29) is 12.3 Å².